The van der Waals surface area contributed by atoms with Crippen molar-refractivity contribution in [3.8, 4) is 0 Å². The summed E-state index contributed by atoms with van der Waals surface area (Å²) in [6.45, 7) is 16.2. The summed E-state index contributed by atoms with van der Waals surface area (Å²) in [5.74, 6) is -0.127. The lowest BCUT2D eigenvalue weighted by atomic mass is 9.38. The number of Topliss-reactive ketones (excluding diaryl/α,β-unsaturated/α-hetero) is 1. The Balaban J connectivity index is 1.76. The summed E-state index contributed by atoms with van der Waals surface area (Å²) in [5, 5.41) is 44.5. The fourth-order valence-electron chi connectivity index (χ4n) is 9.59. The van der Waals surface area contributed by atoms with Gasteiger partial charge in [-0.1, -0.05) is 57.9 Å². The van der Waals surface area contributed by atoms with Crippen LogP contribution in [0.15, 0.2) is 23.3 Å². The molecule has 4 rings (SSSR count). The molecule has 0 radical (unpaired) electrons. The van der Waals surface area contributed by atoms with E-state index in [4.69, 9.17) is 0 Å². The molecular weight excluding hydrogens is 440 g/mol. The van der Waals surface area contributed by atoms with Gasteiger partial charge in [0, 0.05) is 29.6 Å². The van der Waals surface area contributed by atoms with Crippen molar-refractivity contribution in [2.45, 2.75) is 118 Å². The Labute approximate surface area is 211 Å². The van der Waals surface area contributed by atoms with E-state index in [0.29, 0.717) is 19.3 Å². The van der Waals surface area contributed by atoms with Crippen LogP contribution in [0.5, 0.6) is 0 Å². The molecule has 4 aliphatic carbocycles. The van der Waals surface area contributed by atoms with Crippen molar-refractivity contribution in [1.29, 1.82) is 0 Å². The average molecular weight is 489 g/mol. The second-order valence-corrected chi connectivity index (χ2v) is 14.2. The topological polar surface area (TPSA) is 98.0 Å². The summed E-state index contributed by atoms with van der Waals surface area (Å²) >= 11 is 0. The molecule has 10 unspecified atom stereocenters. The van der Waals surface area contributed by atoms with Gasteiger partial charge in [-0.25, -0.2) is 0 Å². The highest BCUT2D eigenvalue weighted by atomic mass is 16.3. The molecule has 0 amide bonds. The molecule has 0 spiro atoms. The molecule has 5 nitrogen and oxygen atoms in total. The molecule has 0 bridgehead atoms. The third-order valence-corrected chi connectivity index (χ3v) is 11.4. The first-order chi connectivity index (χ1) is 15.9. The van der Waals surface area contributed by atoms with Crippen LogP contribution in [0.25, 0.3) is 0 Å². The molecule has 35 heavy (non-hydrogen) atoms. The molecule has 0 aliphatic heterocycles. The van der Waals surface area contributed by atoms with Crippen molar-refractivity contribution >= 4 is 5.78 Å². The highest BCUT2D eigenvalue weighted by Gasteiger charge is 2.73. The number of aliphatic hydroxyl groups excluding tert-OH is 3. The summed E-state index contributed by atoms with van der Waals surface area (Å²) in [4.78, 5) is 14.2. The van der Waals surface area contributed by atoms with Gasteiger partial charge < -0.3 is 20.4 Å². The first-order valence-electron chi connectivity index (χ1n) is 13.6. The van der Waals surface area contributed by atoms with Gasteiger partial charge in [-0.15, -0.1) is 0 Å². The predicted molar refractivity (Wildman–Crippen MR) is 137 cm³/mol. The monoisotopic (exact) mass is 488 g/mol. The lowest BCUT2D eigenvalue weighted by Gasteiger charge is -2.65. The van der Waals surface area contributed by atoms with Gasteiger partial charge in [0.1, 0.15) is 5.78 Å². The molecule has 5 heteroatoms. The third kappa shape index (κ3) is 3.66. The fraction of sp³-hybridized carbons (Fsp3) is 0.833. The van der Waals surface area contributed by atoms with Crippen molar-refractivity contribution in [2.24, 2.45) is 39.4 Å². The maximum Gasteiger partial charge on any atom is 0.140 e. The van der Waals surface area contributed by atoms with E-state index in [2.05, 4.69) is 40.7 Å². The van der Waals surface area contributed by atoms with Gasteiger partial charge in [-0.3, -0.25) is 4.79 Å². The normalized spacial score (nSPS) is 47.0. The second kappa shape index (κ2) is 8.24. The van der Waals surface area contributed by atoms with Crippen LogP contribution in [-0.2, 0) is 4.79 Å². The van der Waals surface area contributed by atoms with E-state index in [1.807, 2.05) is 13.8 Å². The number of carbonyl (C=O) groups is 1. The van der Waals surface area contributed by atoms with Crippen LogP contribution >= 0.6 is 0 Å². The van der Waals surface area contributed by atoms with Crippen molar-refractivity contribution in [2.75, 3.05) is 0 Å². The molecule has 0 heterocycles. The Hall–Kier alpha value is -1.01. The van der Waals surface area contributed by atoms with E-state index >= 15 is 0 Å². The van der Waals surface area contributed by atoms with Crippen LogP contribution in [0.4, 0.5) is 0 Å². The lowest BCUT2D eigenvalue weighted by molar-refractivity contribution is -0.183. The van der Waals surface area contributed by atoms with Crippen molar-refractivity contribution in [3.63, 3.8) is 0 Å². The summed E-state index contributed by atoms with van der Waals surface area (Å²) in [7, 11) is 0. The predicted octanol–water partition coefficient (Wildman–Crippen LogP) is 4.57. The van der Waals surface area contributed by atoms with E-state index in [9.17, 15) is 25.2 Å². The molecule has 198 valence electrons. The zero-order valence-electron chi connectivity index (χ0n) is 23.1. The minimum absolute atomic E-state index is 0.0548. The summed E-state index contributed by atoms with van der Waals surface area (Å²) in [6.07, 6.45) is 5.32. The molecule has 0 aromatic heterocycles. The molecule has 3 saturated carbocycles. The Morgan fingerprint density at radius 3 is 2.37 bits per heavy atom. The van der Waals surface area contributed by atoms with E-state index < -0.39 is 40.7 Å². The van der Waals surface area contributed by atoms with Gasteiger partial charge >= 0.3 is 0 Å². The molecule has 3 fully saturated rings. The van der Waals surface area contributed by atoms with Gasteiger partial charge in [0.15, 0.2) is 0 Å². The molecule has 0 aromatic carbocycles. The number of allylic oxidation sites excluding steroid dienone is 2. The zero-order chi connectivity index (χ0) is 26.4. The summed E-state index contributed by atoms with van der Waals surface area (Å²) in [6, 6.07) is 0. The number of hydrogen-bond acceptors (Lipinski definition) is 5. The molecule has 0 aromatic rings. The van der Waals surface area contributed by atoms with Crippen LogP contribution in [0.2, 0.25) is 0 Å². The lowest BCUT2D eigenvalue weighted by Crippen LogP contribution is -2.64. The SMILES string of the molecule is CC(C)=CC(O)CC(C)(O)C1C(O)CC2(C)C3CC=C4C(CCC(O)C4(C)C)C3(C)C(=O)CC12C. The quantitative estimate of drug-likeness (QED) is 0.435. The maximum atomic E-state index is 14.2. The number of carbonyl (C=O) groups excluding carboxylic acids is 1. The highest BCUT2D eigenvalue weighted by molar-refractivity contribution is 5.88. The molecule has 10 atom stereocenters. The third-order valence-electron chi connectivity index (χ3n) is 11.4. The van der Waals surface area contributed by atoms with Crippen LogP contribution in [0.3, 0.4) is 0 Å². The van der Waals surface area contributed by atoms with Crippen LogP contribution < -0.4 is 0 Å². The standard InChI is InChI=1S/C30H48O5/c1-17(2)13-18(31)14-29(7,35)25-21(32)15-27(5)22-11-9-19-20(10-12-23(33)26(19,3)4)30(22,8)24(34)16-28(25,27)6/h9,13,18,20-23,25,31-33,35H,10-12,14-16H2,1-8H3. The largest absolute Gasteiger partial charge is 0.393 e. The molecule has 0 saturated heterocycles. The Morgan fingerprint density at radius 2 is 1.77 bits per heavy atom. The van der Waals surface area contributed by atoms with Crippen molar-refractivity contribution in [1.82, 2.24) is 0 Å². The zero-order valence-corrected chi connectivity index (χ0v) is 23.1. The van der Waals surface area contributed by atoms with Crippen LogP contribution in [0, 0.1) is 39.4 Å². The fourth-order valence-corrected chi connectivity index (χ4v) is 9.59. The van der Waals surface area contributed by atoms with Gasteiger partial charge in [-0.2, -0.15) is 0 Å². The molecule has 4 aliphatic rings. The number of aliphatic hydroxyl groups is 4. The Kier molecular flexibility index (Phi) is 6.37. The minimum atomic E-state index is -1.32. The molecule has 4 N–H and O–H groups in total. The van der Waals surface area contributed by atoms with E-state index in [-0.39, 0.29) is 34.9 Å². The highest BCUT2D eigenvalue weighted by Crippen LogP contribution is 2.74. The number of ketones is 1. The average Bonchev–Trinajstić information content (AvgIpc) is 2.89. The van der Waals surface area contributed by atoms with Crippen molar-refractivity contribution < 1.29 is 25.2 Å². The van der Waals surface area contributed by atoms with Crippen LogP contribution in [-0.4, -0.2) is 50.1 Å². The number of hydrogen-bond donors (Lipinski definition) is 4. The Bertz CT molecular complexity index is 942. The second-order valence-electron chi connectivity index (χ2n) is 14.2. The number of fused-ring (bicyclic) bond motifs is 5. The van der Waals surface area contributed by atoms with Crippen molar-refractivity contribution in [3.05, 3.63) is 23.3 Å². The van der Waals surface area contributed by atoms with Crippen LogP contribution in [0.1, 0.15) is 93.9 Å². The summed E-state index contributed by atoms with van der Waals surface area (Å²) in [5.41, 5.74) is -0.936. The van der Waals surface area contributed by atoms with Gasteiger partial charge in [0.05, 0.1) is 23.9 Å². The number of rotatable bonds is 4. The first kappa shape index (κ1) is 27.0. The van der Waals surface area contributed by atoms with Gasteiger partial charge in [-0.05, 0) is 69.1 Å². The van der Waals surface area contributed by atoms with Gasteiger partial charge in [0.2, 0.25) is 0 Å². The van der Waals surface area contributed by atoms with Gasteiger partial charge in [0.25, 0.3) is 0 Å². The summed E-state index contributed by atoms with van der Waals surface area (Å²) < 4.78 is 0. The maximum absolute atomic E-state index is 14.2. The van der Waals surface area contributed by atoms with E-state index in [1.54, 1.807) is 13.0 Å². The van der Waals surface area contributed by atoms with E-state index in [1.165, 1.54) is 5.57 Å². The molecular formula is C30H48O5. The van der Waals surface area contributed by atoms with E-state index in [0.717, 1.165) is 18.4 Å². The Morgan fingerprint density at radius 1 is 1.14 bits per heavy atom. The smallest absolute Gasteiger partial charge is 0.140 e. The minimum Gasteiger partial charge on any atom is -0.393 e. The first-order valence-corrected chi connectivity index (χ1v) is 13.6.